The molecule has 1 heterocycles. The molecule has 1 rings (SSSR count). The van der Waals surface area contributed by atoms with Crippen LogP contribution >= 0.6 is 44.4 Å². The molecule has 29 heteroatoms. The molecule has 0 saturated heterocycles. The number of imidazole rings is 1. The number of thiol groups is 1. The van der Waals surface area contributed by atoms with Gasteiger partial charge in [0.1, 0.15) is 30.2 Å². The number of carbonyl (C=O) groups excluding carboxylic acids is 7. The van der Waals surface area contributed by atoms with Crippen LogP contribution in [0.4, 0.5) is 0 Å². The van der Waals surface area contributed by atoms with Crippen LogP contribution in [0.1, 0.15) is 107 Å². The number of ether oxygens (including phenoxy) is 2. The van der Waals surface area contributed by atoms with E-state index in [1.165, 1.54) is 28.9 Å². The number of nitrogens with two attached hydrogens (primary N) is 2. The van der Waals surface area contributed by atoms with Gasteiger partial charge in [-0.15, -0.1) is 24.0 Å². The molecule has 7 amide bonds. The Hall–Kier alpha value is -4.00. The number of carboxylic acids is 1. The lowest BCUT2D eigenvalue weighted by Crippen LogP contribution is -2.61. The molecule has 1 aromatic heterocycles. The van der Waals surface area contributed by atoms with Gasteiger partial charge in [0.25, 0.3) is 0 Å². The Balaban J connectivity index is 0. The first-order chi connectivity index (χ1) is 33.6. The fraction of sp³-hybridized carbons (Fsp3) is 0.750. The molecule has 0 aliphatic carbocycles. The number of hydrogen-bond acceptors (Lipinski definition) is 16. The molecule has 0 fully saturated rings. The number of nitrogens with one attached hydrogen (secondary N) is 5. The van der Waals surface area contributed by atoms with Gasteiger partial charge in [-0.1, -0.05) is 34.6 Å². The summed E-state index contributed by atoms with van der Waals surface area (Å²) in [5, 5.41) is 31.8. The normalized spacial score (nSPS) is 14.7. The molecule has 8 atom stereocenters. The number of amides is 7. The minimum absolute atomic E-state index is 0. The van der Waals surface area contributed by atoms with Crippen LogP contribution in [0.15, 0.2) is 12.5 Å². The summed E-state index contributed by atoms with van der Waals surface area (Å²) in [5.74, 6) is -6.98. The quantitative estimate of drug-likeness (QED) is 0.0231. The van der Waals surface area contributed by atoms with Crippen molar-refractivity contribution in [3.8, 4) is 0 Å². The van der Waals surface area contributed by atoms with Crippen molar-refractivity contribution in [3.63, 3.8) is 0 Å². The molecule has 0 aliphatic heterocycles. The van der Waals surface area contributed by atoms with Crippen molar-refractivity contribution >= 4 is 91.7 Å². The Morgan fingerprint density at radius 2 is 1.48 bits per heavy atom. The molecule has 1 aromatic rings. The van der Waals surface area contributed by atoms with Gasteiger partial charge in [0.05, 0.1) is 62.8 Å². The standard InChI is InChI=1S/C42H75N10O16PS.C2H6.HI/c1-9-14-52(33(54)12-16-67-42(7,8)22-66-25(4)10-13-46-38(59)29(43)21-70)26(5)37(58)47-30(17-24(2)3)39(60)48-31(18-28-19-45-23-51(28)15-11-34(55)56)40(61)49-32(20-53)41(62)50-35(36(44)57)27(6)68-69(63,64)65;1-2;/h19,23-27,29-32,35,53,70H,9-18,20-22,43H2,1-8H3,(H2,44,57)(H,46,59)(H,47,58)(H,48,60)(H,49,61)(H,50,62)(H,55,56)(H2,63,64,65);1-2H3;1H/t25?,26-,27+,29-,30-,31-,32-,35-;;/m0../s1. The first kappa shape index (κ1) is 71.1. The number of nitrogens with zero attached hydrogens (tertiary/aromatic N) is 3. The lowest BCUT2D eigenvalue weighted by molar-refractivity contribution is -0.144. The van der Waals surface area contributed by atoms with Crippen LogP contribution in [0.3, 0.4) is 0 Å². The molecule has 0 radical (unpaired) electrons. The molecule has 422 valence electrons. The Labute approximate surface area is 450 Å². The third-order valence-electron chi connectivity index (χ3n) is 10.5. The molecule has 0 aliphatic rings. The second kappa shape index (κ2) is 36.1. The average molecular weight is 1200 g/mol. The molecular formula is C44H82IN10O16PS. The highest BCUT2D eigenvalue weighted by atomic mass is 127. The number of aryl methyl sites for hydroxylation is 1. The SMILES string of the molecule is CC.CCCN(C(=O)CCOC(C)(C)COC(C)CCNC(=O)[C@@H](N)CS)[C@@H](C)C(=O)N[C@@H](CC(C)C)C(=O)N[C@@H](Cc1cncn1CCC(=O)O)C(=O)N[C@@H](CO)C(=O)N[C@H](C(N)=O)[C@@H](C)OP(=O)(O)O.I. The summed E-state index contributed by atoms with van der Waals surface area (Å²) in [4.78, 5) is 128. The fourth-order valence-corrected chi connectivity index (χ4v) is 7.32. The molecule has 0 aromatic carbocycles. The minimum Gasteiger partial charge on any atom is -0.481 e. The van der Waals surface area contributed by atoms with E-state index in [4.69, 9.17) is 20.9 Å². The highest BCUT2D eigenvalue weighted by Gasteiger charge is 2.36. The summed E-state index contributed by atoms with van der Waals surface area (Å²) >= 11 is 4.02. The van der Waals surface area contributed by atoms with Gasteiger partial charge in [-0.3, -0.25) is 42.9 Å². The van der Waals surface area contributed by atoms with Crippen molar-refractivity contribution < 1.29 is 76.9 Å². The van der Waals surface area contributed by atoms with Crippen molar-refractivity contribution in [2.45, 2.75) is 168 Å². The zero-order valence-electron chi connectivity index (χ0n) is 43.5. The smallest absolute Gasteiger partial charge is 0.469 e. The van der Waals surface area contributed by atoms with Gasteiger partial charge >= 0.3 is 13.8 Å². The van der Waals surface area contributed by atoms with Crippen molar-refractivity contribution in [2.75, 3.05) is 38.7 Å². The second-order valence-electron chi connectivity index (χ2n) is 17.7. The molecule has 13 N–H and O–H groups in total. The number of aliphatic hydroxyl groups excluding tert-OH is 1. The molecular weight excluding hydrogens is 1110 g/mol. The first-order valence-electron chi connectivity index (χ1n) is 23.8. The van der Waals surface area contributed by atoms with E-state index in [1.807, 2.05) is 27.7 Å². The lowest BCUT2D eigenvalue weighted by Gasteiger charge is -2.31. The maximum Gasteiger partial charge on any atom is 0.469 e. The average Bonchev–Trinajstić information content (AvgIpc) is 3.75. The van der Waals surface area contributed by atoms with Gasteiger partial charge in [0, 0.05) is 43.7 Å². The Morgan fingerprint density at radius 3 is 2.01 bits per heavy atom. The Bertz CT molecular complexity index is 1950. The number of carboxylic acid groups (broad SMARTS) is 1. The molecule has 1 unspecified atom stereocenters. The topological polar surface area (TPSA) is 395 Å². The van der Waals surface area contributed by atoms with E-state index in [-0.39, 0.29) is 105 Å². The van der Waals surface area contributed by atoms with Crippen LogP contribution in [0.25, 0.3) is 0 Å². The zero-order chi connectivity index (χ0) is 55.5. The van der Waals surface area contributed by atoms with Gasteiger partial charge in [-0.05, 0) is 59.8 Å². The summed E-state index contributed by atoms with van der Waals surface area (Å²) in [5.41, 5.74) is 10.5. The third-order valence-corrected chi connectivity index (χ3v) is 11.5. The van der Waals surface area contributed by atoms with Crippen molar-refractivity contribution in [2.24, 2.45) is 17.4 Å². The van der Waals surface area contributed by atoms with Crippen molar-refractivity contribution in [1.82, 2.24) is 41.0 Å². The van der Waals surface area contributed by atoms with Gasteiger partial charge in [0.2, 0.25) is 41.4 Å². The monoisotopic (exact) mass is 1200 g/mol. The number of hydrogen-bond donors (Lipinski definition) is 12. The third kappa shape index (κ3) is 28.5. The maximum absolute atomic E-state index is 14.2. The fourth-order valence-electron chi connectivity index (χ4n) is 6.59. The van der Waals surface area contributed by atoms with E-state index < -0.39 is 104 Å². The zero-order valence-corrected chi connectivity index (χ0v) is 47.6. The first-order valence-corrected chi connectivity index (χ1v) is 26.0. The number of aromatic nitrogens is 2. The highest BCUT2D eigenvalue weighted by Crippen LogP contribution is 2.38. The predicted molar refractivity (Wildman–Crippen MR) is 282 cm³/mol. The van der Waals surface area contributed by atoms with Gasteiger partial charge in [0.15, 0.2) is 0 Å². The highest BCUT2D eigenvalue weighted by molar-refractivity contribution is 14.0. The predicted octanol–water partition coefficient (Wildman–Crippen LogP) is -0.514. The lowest BCUT2D eigenvalue weighted by atomic mass is 10.0. The van der Waals surface area contributed by atoms with Crippen LogP contribution in [-0.2, 0) is 69.9 Å². The van der Waals surface area contributed by atoms with Crippen LogP contribution in [0, 0.1) is 5.92 Å². The second-order valence-corrected chi connectivity index (χ2v) is 19.3. The van der Waals surface area contributed by atoms with E-state index in [2.05, 4.69) is 48.7 Å². The number of phosphoric acid groups is 1. The largest absolute Gasteiger partial charge is 0.481 e. The van der Waals surface area contributed by atoms with Crippen LogP contribution in [0.5, 0.6) is 0 Å². The summed E-state index contributed by atoms with van der Waals surface area (Å²) in [6, 6.07) is -8.36. The molecule has 0 saturated carbocycles. The number of primary amides is 1. The van der Waals surface area contributed by atoms with Gasteiger partial charge < -0.3 is 77.0 Å². The Kier molecular flexibility index (Phi) is 35.1. The van der Waals surface area contributed by atoms with Crippen LogP contribution < -0.4 is 38.1 Å². The summed E-state index contributed by atoms with van der Waals surface area (Å²) < 4.78 is 29.2. The number of phosphoric ester groups is 1. The maximum atomic E-state index is 14.2. The number of aliphatic hydroxyl groups is 1. The Morgan fingerprint density at radius 1 is 0.904 bits per heavy atom. The van der Waals surface area contributed by atoms with Gasteiger partial charge in [-0.25, -0.2) is 9.55 Å². The minimum atomic E-state index is -5.17. The summed E-state index contributed by atoms with van der Waals surface area (Å²) in [6.45, 7) is 16.9. The van der Waals surface area contributed by atoms with E-state index in [1.54, 1.807) is 27.7 Å². The number of aliphatic carboxylic acids is 1. The number of carbonyl (C=O) groups is 8. The molecule has 0 bridgehead atoms. The van der Waals surface area contributed by atoms with Crippen molar-refractivity contribution in [1.29, 1.82) is 0 Å². The number of rotatable bonds is 35. The van der Waals surface area contributed by atoms with E-state index in [0.717, 1.165) is 6.92 Å². The molecule has 0 spiro atoms. The van der Waals surface area contributed by atoms with Gasteiger partial charge in [-0.2, -0.15) is 12.6 Å². The molecule has 26 nitrogen and oxygen atoms in total. The van der Waals surface area contributed by atoms with Crippen LogP contribution in [0.2, 0.25) is 0 Å². The van der Waals surface area contributed by atoms with Crippen molar-refractivity contribution in [3.05, 3.63) is 18.2 Å². The number of halogens is 1. The van der Waals surface area contributed by atoms with E-state index in [9.17, 15) is 62.9 Å². The van der Waals surface area contributed by atoms with E-state index >= 15 is 0 Å². The van der Waals surface area contributed by atoms with E-state index in [0.29, 0.717) is 19.4 Å². The molecule has 73 heavy (non-hydrogen) atoms. The van der Waals surface area contributed by atoms with Crippen LogP contribution in [-0.4, -0.2) is 174 Å². The summed E-state index contributed by atoms with van der Waals surface area (Å²) in [7, 11) is -5.17. The summed E-state index contributed by atoms with van der Waals surface area (Å²) in [6.07, 6.45) is 0.960.